The maximum atomic E-state index is 9.43. The highest BCUT2D eigenvalue weighted by Crippen LogP contribution is 2.21. The summed E-state index contributed by atoms with van der Waals surface area (Å²) in [5, 5.41) is 9.43. The molecule has 1 aromatic heterocycles. The van der Waals surface area contributed by atoms with Gasteiger partial charge in [-0.25, -0.2) is 0 Å². The van der Waals surface area contributed by atoms with Crippen LogP contribution in [-0.2, 0) is 4.74 Å². The van der Waals surface area contributed by atoms with Gasteiger partial charge in [-0.1, -0.05) is 6.92 Å². The molecule has 4 nitrogen and oxygen atoms in total. The lowest BCUT2D eigenvalue weighted by atomic mass is 10.1. The topological polar surface area (TPSA) is 45.6 Å². The minimum atomic E-state index is -0.504. The lowest BCUT2D eigenvalue weighted by Crippen LogP contribution is -2.45. The van der Waals surface area contributed by atoms with Gasteiger partial charge in [-0.15, -0.1) is 0 Å². The zero-order chi connectivity index (χ0) is 12.3. The predicted octanol–water partition coefficient (Wildman–Crippen LogP) is 1.75. The van der Waals surface area contributed by atoms with Crippen molar-refractivity contribution in [1.29, 1.82) is 0 Å². The van der Waals surface area contributed by atoms with Crippen molar-refractivity contribution in [2.45, 2.75) is 32.4 Å². The molecule has 0 aliphatic carbocycles. The van der Waals surface area contributed by atoms with Crippen molar-refractivity contribution in [3.05, 3.63) is 24.0 Å². The average molecular weight is 236 g/mol. The lowest BCUT2D eigenvalue weighted by molar-refractivity contribution is 0.0929. The molecule has 1 saturated heterocycles. The van der Waals surface area contributed by atoms with Crippen molar-refractivity contribution in [3.63, 3.8) is 0 Å². The van der Waals surface area contributed by atoms with E-state index in [1.807, 2.05) is 18.3 Å². The molecule has 0 amide bonds. The standard InChI is InChI=1S/C13H20N2O2/c1-3-11-9-17-7-6-15(11)12-4-5-13(10(2)16)14-8-12/h4-5,8,10-11,16H,3,6-7,9H2,1-2H3/t10-,11?/m0/s1. The Bertz CT molecular complexity index is 351. The van der Waals surface area contributed by atoms with E-state index in [1.165, 1.54) is 0 Å². The van der Waals surface area contributed by atoms with Gasteiger partial charge in [0.1, 0.15) is 0 Å². The molecule has 0 saturated carbocycles. The molecule has 4 heteroatoms. The van der Waals surface area contributed by atoms with Crippen LogP contribution < -0.4 is 4.90 Å². The van der Waals surface area contributed by atoms with Crippen LogP contribution in [-0.4, -0.2) is 35.9 Å². The van der Waals surface area contributed by atoms with Crippen LogP contribution in [0.15, 0.2) is 18.3 Å². The van der Waals surface area contributed by atoms with Gasteiger partial charge >= 0.3 is 0 Å². The van der Waals surface area contributed by atoms with Gasteiger partial charge in [0.15, 0.2) is 0 Å². The van der Waals surface area contributed by atoms with Gasteiger partial charge < -0.3 is 14.7 Å². The second-order valence-corrected chi connectivity index (χ2v) is 4.45. The predicted molar refractivity (Wildman–Crippen MR) is 67.1 cm³/mol. The minimum Gasteiger partial charge on any atom is -0.387 e. The van der Waals surface area contributed by atoms with Crippen molar-refractivity contribution < 1.29 is 9.84 Å². The Morgan fingerprint density at radius 1 is 1.59 bits per heavy atom. The van der Waals surface area contributed by atoms with E-state index in [9.17, 15) is 5.11 Å². The van der Waals surface area contributed by atoms with Gasteiger partial charge in [0.2, 0.25) is 0 Å². The van der Waals surface area contributed by atoms with Crippen LogP contribution in [0.5, 0.6) is 0 Å². The molecule has 0 aromatic carbocycles. The van der Waals surface area contributed by atoms with E-state index in [0.29, 0.717) is 6.04 Å². The Morgan fingerprint density at radius 3 is 3.00 bits per heavy atom. The molecule has 1 aliphatic heterocycles. The second kappa shape index (κ2) is 5.47. The number of hydrogen-bond acceptors (Lipinski definition) is 4. The summed E-state index contributed by atoms with van der Waals surface area (Å²) >= 11 is 0. The molecule has 17 heavy (non-hydrogen) atoms. The van der Waals surface area contributed by atoms with Gasteiger partial charge in [-0.3, -0.25) is 4.98 Å². The molecule has 94 valence electrons. The Labute approximate surface area is 102 Å². The lowest BCUT2D eigenvalue weighted by Gasteiger charge is -2.36. The first-order valence-corrected chi connectivity index (χ1v) is 6.20. The number of aromatic nitrogens is 1. The fourth-order valence-electron chi connectivity index (χ4n) is 2.15. The first-order valence-electron chi connectivity index (χ1n) is 6.20. The molecule has 2 heterocycles. The number of aliphatic hydroxyl groups is 1. The van der Waals surface area contributed by atoms with Gasteiger partial charge in [0, 0.05) is 6.54 Å². The van der Waals surface area contributed by atoms with Gasteiger partial charge in [-0.05, 0) is 25.5 Å². The SMILES string of the molecule is CCC1COCCN1c1ccc([C@H](C)O)nc1. The van der Waals surface area contributed by atoms with Crippen LogP contribution in [0.1, 0.15) is 32.1 Å². The summed E-state index contributed by atoms with van der Waals surface area (Å²) in [5.41, 5.74) is 1.83. The molecule has 0 bridgehead atoms. The third-order valence-electron chi connectivity index (χ3n) is 3.23. The summed E-state index contributed by atoms with van der Waals surface area (Å²) in [4.78, 5) is 6.63. The van der Waals surface area contributed by atoms with E-state index in [-0.39, 0.29) is 0 Å². The van der Waals surface area contributed by atoms with E-state index in [1.54, 1.807) is 6.92 Å². The summed E-state index contributed by atoms with van der Waals surface area (Å²) in [5.74, 6) is 0. The van der Waals surface area contributed by atoms with Crippen LogP contribution in [0.25, 0.3) is 0 Å². The third kappa shape index (κ3) is 2.76. The van der Waals surface area contributed by atoms with Gasteiger partial charge in [-0.2, -0.15) is 0 Å². The Morgan fingerprint density at radius 2 is 2.41 bits per heavy atom. The van der Waals surface area contributed by atoms with E-state index < -0.39 is 6.10 Å². The number of morpholine rings is 1. The fraction of sp³-hybridized carbons (Fsp3) is 0.615. The number of anilines is 1. The maximum Gasteiger partial charge on any atom is 0.0931 e. The molecule has 1 aromatic rings. The maximum absolute atomic E-state index is 9.43. The number of rotatable bonds is 3. The smallest absolute Gasteiger partial charge is 0.0931 e. The number of pyridine rings is 1. The van der Waals surface area contributed by atoms with E-state index >= 15 is 0 Å². The summed E-state index contributed by atoms with van der Waals surface area (Å²) in [6.45, 7) is 6.37. The van der Waals surface area contributed by atoms with E-state index in [4.69, 9.17) is 4.74 Å². The van der Waals surface area contributed by atoms with E-state index in [0.717, 1.165) is 37.6 Å². The Kier molecular flexibility index (Phi) is 3.97. The molecule has 1 N–H and O–H groups in total. The molecular formula is C13H20N2O2. The third-order valence-corrected chi connectivity index (χ3v) is 3.23. The van der Waals surface area contributed by atoms with Crippen LogP contribution in [0.3, 0.4) is 0 Å². The monoisotopic (exact) mass is 236 g/mol. The van der Waals surface area contributed by atoms with Crippen molar-refractivity contribution in [3.8, 4) is 0 Å². The zero-order valence-electron chi connectivity index (χ0n) is 10.5. The number of aliphatic hydroxyl groups excluding tert-OH is 1. The quantitative estimate of drug-likeness (QED) is 0.868. The van der Waals surface area contributed by atoms with Crippen LogP contribution in [0, 0.1) is 0 Å². The molecule has 1 aliphatic rings. The van der Waals surface area contributed by atoms with Crippen molar-refractivity contribution >= 4 is 5.69 Å². The molecule has 2 rings (SSSR count). The van der Waals surface area contributed by atoms with Gasteiger partial charge in [0.05, 0.1) is 42.9 Å². The normalized spacial score (nSPS) is 22.5. The van der Waals surface area contributed by atoms with Crippen molar-refractivity contribution in [1.82, 2.24) is 4.98 Å². The highest BCUT2D eigenvalue weighted by Gasteiger charge is 2.21. The zero-order valence-corrected chi connectivity index (χ0v) is 10.5. The molecule has 1 fully saturated rings. The van der Waals surface area contributed by atoms with Crippen molar-refractivity contribution in [2.75, 3.05) is 24.7 Å². The number of ether oxygens (including phenoxy) is 1. The largest absolute Gasteiger partial charge is 0.387 e. The number of nitrogens with zero attached hydrogens (tertiary/aromatic N) is 2. The second-order valence-electron chi connectivity index (χ2n) is 4.45. The summed E-state index contributed by atoms with van der Waals surface area (Å²) in [7, 11) is 0. The molecule has 2 atom stereocenters. The average Bonchev–Trinajstić information content (AvgIpc) is 2.39. The van der Waals surface area contributed by atoms with Crippen LogP contribution in [0.2, 0.25) is 0 Å². The first kappa shape index (κ1) is 12.3. The summed E-state index contributed by atoms with van der Waals surface area (Å²) in [6, 6.07) is 4.36. The molecular weight excluding hydrogens is 216 g/mol. The van der Waals surface area contributed by atoms with Crippen molar-refractivity contribution in [2.24, 2.45) is 0 Å². The molecule has 1 unspecified atom stereocenters. The van der Waals surface area contributed by atoms with Gasteiger partial charge in [0.25, 0.3) is 0 Å². The molecule has 0 radical (unpaired) electrons. The van der Waals surface area contributed by atoms with E-state index in [2.05, 4.69) is 16.8 Å². The highest BCUT2D eigenvalue weighted by atomic mass is 16.5. The van der Waals surface area contributed by atoms with Crippen LogP contribution >= 0.6 is 0 Å². The number of hydrogen-bond donors (Lipinski definition) is 1. The minimum absolute atomic E-state index is 0.433. The Balaban J connectivity index is 2.15. The summed E-state index contributed by atoms with van der Waals surface area (Å²) < 4.78 is 5.48. The fourth-order valence-corrected chi connectivity index (χ4v) is 2.15. The summed E-state index contributed by atoms with van der Waals surface area (Å²) in [6.07, 6.45) is 2.41. The highest BCUT2D eigenvalue weighted by molar-refractivity contribution is 5.46. The Hall–Kier alpha value is -1.13. The van der Waals surface area contributed by atoms with Crippen LogP contribution in [0.4, 0.5) is 5.69 Å². The molecule has 0 spiro atoms. The first-order chi connectivity index (χ1) is 8.22.